The average Bonchev–Trinajstić information content (AvgIpc) is 2.71. The number of carbonyl (C=O) groups is 1. The zero-order valence-electron chi connectivity index (χ0n) is 21.0. The second-order valence-corrected chi connectivity index (χ2v) is 13.3. The monoisotopic (exact) mass is 688 g/mol. The van der Waals surface area contributed by atoms with E-state index >= 15 is 0 Å². The van der Waals surface area contributed by atoms with E-state index in [1.165, 1.54) is 0 Å². The molecule has 0 amide bonds. The van der Waals surface area contributed by atoms with E-state index in [1.54, 1.807) is 0 Å². The molecule has 0 saturated carbocycles. The first-order chi connectivity index (χ1) is 17.4. The quantitative estimate of drug-likeness (QED) is 0.135. The Balaban J connectivity index is 0. The molecule has 0 aliphatic rings. The molecule has 41 heavy (non-hydrogen) atoms. The maximum absolute atomic E-state index is 13.0. The lowest BCUT2D eigenvalue weighted by Crippen LogP contribution is -2.75. The minimum Gasteiger partial charge on any atom is -0.743 e. The van der Waals surface area contributed by atoms with Gasteiger partial charge in [-0.2, -0.15) is 74.6 Å². The van der Waals surface area contributed by atoms with E-state index in [2.05, 4.69) is 34.0 Å². The lowest BCUT2D eigenvalue weighted by molar-refractivity contribution is -0.458. The first-order valence-electron chi connectivity index (χ1n) is 10.2. The Morgan fingerprint density at radius 3 is 1.17 bits per heavy atom. The van der Waals surface area contributed by atoms with Crippen LogP contribution in [0.25, 0.3) is 0 Å². The lowest BCUT2D eigenvalue weighted by Gasteiger charge is -2.42. The van der Waals surface area contributed by atoms with Crippen LogP contribution in [-0.2, 0) is 25.8 Å². The van der Waals surface area contributed by atoms with Crippen molar-refractivity contribution in [2.24, 2.45) is 0 Å². The van der Waals surface area contributed by atoms with Crippen LogP contribution in [0.3, 0.4) is 0 Å². The van der Waals surface area contributed by atoms with Gasteiger partial charge in [0.1, 0.15) is 4.75 Å². The standard InChI is InChI=1S/C10H21OS.C8HF17O3S/c1-6-7-9(11)8-12(5)10(2,3)4;9-1(10,3(13,14)5(17,18)7(21,22)23)2(11,12)4(15,16)6(19,20)8(24,25)29(26,27)28/h6-8H2,1-5H3;(H,26,27,28)/q+1;/p-1. The molecular weight excluding hydrogens is 667 g/mol. The third-order valence-corrected chi connectivity index (χ3v) is 8.69. The molecular formula is C18H21F17O4S2. The van der Waals surface area contributed by atoms with Crippen LogP contribution in [0.2, 0.25) is 0 Å². The molecule has 0 radical (unpaired) electrons. The van der Waals surface area contributed by atoms with E-state index in [4.69, 9.17) is 0 Å². The summed E-state index contributed by atoms with van der Waals surface area (Å²) in [5.74, 6) is -50.9. The molecule has 1 unspecified atom stereocenters. The van der Waals surface area contributed by atoms with Crippen LogP contribution in [0.15, 0.2) is 0 Å². The zero-order valence-corrected chi connectivity index (χ0v) is 22.6. The van der Waals surface area contributed by atoms with Gasteiger partial charge in [0.2, 0.25) is 0 Å². The first kappa shape index (κ1) is 41.9. The molecule has 1 atom stereocenters. The maximum atomic E-state index is 13.0. The van der Waals surface area contributed by atoms with E-state index in [-0.39, 0.29) is 10.9 Å². The molecule has 23 heteroatoms. The van der Waals surface area contributed by atoms with Crippen molar-refractivity contribution in [3.8, 4) is 0 Å². The summed E-state index contributed by atoms with van der Waals surface area (Å²) in [6.07, 6.45) is -3.96. The van der Waals surface area contributed by atoms with Crippen LogP contribution in [0.5, 0.6) is 0 Å². The van der Waals surface area contributed by atoms with Gasteiger partial charge in [0.25, 0.3) is 0 Å². The molecule has 0 aromatic carbocycles. The smallest absolute Gasteiger partial charge is 0.460 e. The Labute approximate surface area is 224 Å². The summed E-state index contributed by atoms with van der Waals surface area (Å²) in [6, 6.07) is 0. The summed E-state index contributed by atoms with van der Waals surface area (Å²) in [6.45, 7) is 8.67. The third kappa shape index (κ3) is 7.46. The molecule has 0 aromatic heterocycles. The highest BCUT2D eigenvalue weighted by molar-refractivity contribution is 7.98. The normalized spacial score (nSPS) is 16.2. The van der Waals surface area contributed by atoms with E-state index in [1.807, 2.05) is 0 Å². The first-order valence-corrected chi connectivity index (χ1v) is 13.4. The highest BCUT2D eigenvalue weighted by atomic mass is 32.2. The van der Waals surface area contributed by atoms with Crippen molar-refractivity contribution in [2.75, 3.05) is 12.0 Å². The van der Waals surface area contributed by atoms with Crippen LogP contribution >= 0.6 is 0 Å². The number of Topliss-reactive ketones (excluding diaryl/α,β-unsaturated/α-hetero) is 1. The molecule has 0 spiro atoms. The van der Waals surface area contributed by atoms with Crippen molar-refractivity contribution in [1.82, 2.24) is 0 Å². The maximum Gasteiger partial charge on any atom is 0.460 e. The van der Waals surface area contributed by atoms with Crippen molar-refractivity contribution in [2.45, 2.75) is 92.2 Å². The number of rotatable bonds is 11. The fraction of sp³-hybridized carbons (Fsp3) is 0.944. The van der Waals surface area contributed by atoms with Crippen LogP contribution in [0.1, 0.15) is 40.5 Å². The van der Waals surface area contributed by atoms with Gasteiger partial charge in [-0.05, 0) is 38.1 Å². The van der Waals surface area contributed by atoms with Gasteiger partial charge < -0.3 is 4.55 Å². The predicted octanol–water partition coefficient (Wildman–Crippen LogP) is 6.90. The summed E-state index contributed by atoms with van der Waals surface area (Å²) in [4.78, 5) is 11.3. The van der Waals surface area contributed by atoms with Gasteiger partial charge in [-0.15, -0.1) is 0 Å². The van der Waals surface area contributed by atoms with Gasteiger partial charge in [-0.25, -0.2) is 8.42 Å². The Morgan fingerprint density at radius 2 is 0.927 bits per heavy atom. The number of ketones is 1. The van der Waals surface area contributed by atoms with Crippen molar-refractivity contribution < 1.29 is 92.4 Å². The van der Waals surface area contributed by atoms with Crippen molar-refractivity contribution in [3.05, 3.63) is 0 Å². The molecule has 4 nitrogen and oxygen atoms in total. The van der Waals surface area contributed by atoms with Crippen molar-refractivity contribution >= 4 is 26.8 Å². The summed E-state index contributed by atoms with van der Waals surface area (Å²) in [7, 11) is -7.91. The summed E-state index contributed by atoms with van der Waals surface area (Å²) in [5.41, 5.74) is 0. The predicted molar refractivity (Wildman–Crippen MR) is 108 cm³/mol. The summed E-state index contributed by atoms with van der Waals surface area (Å²) >= 11 is 0. The number of hydrogen-bond acceptors (Lipinski definition) is 4. The number of halogens is 17. The Morgan fingerprint density at radius 1 is 0.634 bits per heavy atom. The topological polar surface area (TPSA) is 74.3 Å². The molecule has 0 heterocycles. The second-order valence-electron chi connectivity index (χ2n) is 9.10. The molecule has 0 fully saturated rings. The second kappa shape index (κ2) is 12.0. The number of alkyl halides is 17. The van der Waals surface area contributed by atoms with Gasteiger partial charge in [-0.1, -0.05) is 6.92 Å². The van der Waals surface area contributed by atoms with Crippen molar-refractivity contribution in [1.29, 1.82) is 0 Å². The van der Waals surface area contributed by atoms with Gasteiger partial charge in [0, 0.05) is 6.42 Å². The molecule has 0 saturated heterocycles. The van der Waals surface area contributed by atoms with Gasteiger partial charge in [0.05, 0.1) is 6.26 Å². The molecule has 0 aliphatic carbocycles. The largest absolute Gasteiger partial charge is 0.743 e. The zero-order chi connectivity index (χ0) is 34.3. The van der Waals surface area contributed by atoms with E-state index in [0.29, 0.717) is 10.5 Å². The van der Waals surface area contributed by atoms with Crippen LogP contribution < -0.4 is 0 Å². The molecule has 0 rings (SSSR count). The average molecular weight is 688 g/mol. The highest BCUT2D eigenvalue weighted by Crippen LogP contribution is 2.64. The highest BCUT2D eigenvalue weighted by Gasteiger charge is 2.95. The van der Waals surface area contributed by atoms with Gasteiger partial charge in [-0.3, -0.25) is 4.79 Å². The Hall–Kier alpha value is -1.26. The van der Waals surface area contributed by atoms with Crippen LogP contribution in [-0.4, -0.2) is 82.5 Å². The minimum atomic E-state index is -8.92. The summed E-state index contributed by atoms with van der Waals surface area (Å²) < 4.78 is 244. The molecule has 0 bridgehead atoms. The van der Waals surface area contributed by atoms with Crippen molar-refractivity contribution in [3.63, 3.8) is 0 Å². The van der Waals surface area contributed by atoms with E-state index in [9.17, 15) is 92.4 Å². The third-order valence-electron chi connectivity index (χ3n) is 4.96. The fourth-order valence-electron chi connectivity index (χ4n) is 2.12. The SMILES string of the molecule is CCCC(=O)C[S+](C)C(C)(C)C.O=S(=O)([O-])C(F)(F)C(F)(F)C(F)(F)C(F)(F)C(F)(F)C(F)(F)C(F)(F)C(F)(F)F. The minimum absolute atomic E-state index is 0.232. The molecule has 0 aliphatic heterocycles. The Kier molecular flexibility index (Phi) is 12.3. The Bertz CT molecular complexity index is 1020. The molecule has 0 N–H and O–H groups in total. The van der Waals surface area contributed by atoms with Gasteiger partial charge >= 0.3 is 47.0 Å². The van der Waals surface area contributed by atoms with Crippen LogP contribution in [0, 0.1) is 0 Å². The molecule has 248 valence electrons. The van der Waals surface area contributed by atoms with Crippen LogP contribution in [0.4, 0.5) is 74.6 Å². The number of carbonyl (C=O) groups excluding carboxylic acids is 1. The molecule has 0 aromatic rings. The number of hydrogen-bond donors (Lipinski definition) is 0. The fourth-order valence-corrected chi connectivity index (χ4v) is 3.62. The van der Waals surface area contributed by atoms with E-state index < -0.39 is 57.1 Å². The van der Waals surface area contributed by atoms with Gasteiger partial charge in [0.15, 0.2) is 21.7 Å². The van der Waals surface area contributed by atoms with E-state index in [0.717, 1.165) is 18.6 Å². The lowest BCUT2D eigenvalue weighted by atomic mass is 9.91. The summed E-state index contributed by atoms with van der Waals surface area (Å²) in [5, 5.41) is -7.95.